The molecule has 0 bridgehead atoms. The van der Waals surface area contributed by atoms with Gasteiger partial charge in [-0.25, -0.2) is 0 Å². The lowest BCUT2D eigenvalue weighted by Crippen LogP contribution is -2.06. The van der Waals surface area contributed by atoms with E-state index < -0.39 is 0 Å². The van der Waals surface area contributed by atoms with Crippen LogP contribution < -0.4 is 10.5 Å². The number of benzene rings is 2. The van der Waals surface area contributed by atoms with Gasteiger partial charge in [-0.3, -0.25) is 0 Å². The molecule has 0 aliphatic heterocycles. The highest BCUT2D eigenvalue weighted by Gasteiger charge is 2.05. The van der Waals surface area contributed by atoms with E-state index in [0.717, 1.165) is 12.2 Å². The van der Waals surface area contributed by atoms with Gasteiger partial charge >= 0.3 is 0 Å². The maximum Gasteiger partial charge on any atom is 0.142 e. The first kappa shape index (κ1) is 13.5. The highest BCUT2D eigenvalue weighted by atomic mass is 16.5. The Kier molecular flexibility index (Phi) is 4.10. The van der Waals surface area contributed by atoms with Gasteiger partial charge in [-0.1, -0.05) is 29.8 Å². The highest BCUT2D eigenvalue weighted by molar-refractivity contribution is 5.51. The maximum atomic E-state index is 5.85. The van der Waals surface area contributed by atoms with E-state index in [-0.39, 0.29) is 0 Å². The first-order chi connectivity index (χ1) is 9.08. The van der Waals surface area contributed by atoms with Crippen molar-refractivity contribution in [2.75, 3.05) is 12.3 Å². The van der Waals surface area contributed by atoms with E-state index in [1.54, 1.807) is 0 Å². The minimum absolute atomic E-state index is 0.652. The van der Waals surface area contributed by atoms with Crippen LogP contribution in [0.1, 0.15) is 22.3 Å². The molecule has 0 unspecified atom stereocenters. The zero-order valence-corrected chi connectivity index (χ0v) is 11.9. The number of rotatable bonds is 4. The lowest BCUT2D eigenvalue weighted by Gasteiger charge is -2.13. The van der Waals surface area contributed by atoms with Gasteiger partial charge in [0.15, 0.2) is 0 Å². The van der Waals surface area contributed by atoms with Crippen LogP contribution in [0.15, 0.2) is 36.4 Å². The number of aryl methyl sites for hydroxylation is 3. The Morgan fingerprint density at radius 2 is 1.63 bits per heavy atom. The van der Waals surface area contributed by atoms with Crippen molar-refractivity contribution in [1.82, 2.24) is 0 Å². The van der Waals surface area contributed by atoms with Crippen LogP contribution in [0, 0.1) is 20.8 Å². The zero-order chi connectivity index (χ0) is 13.8. The van der Waals surface area contributed by atoms with E-state index in [1.165, 1.54) is 22.3 Å². The molecule has 0 aromatic heterocycles. The molecular formula is C17H21NO. The fourth-order valence-electron chi connectivity index (χ4n) is 2.48. The van der Waals surface area contributed by atoms with Gasteiger partial charge in [-0.05, 0) is 49.6 Å². The summed E-state index contributed by atoms with van der Waals surface area (Å²) in [5.74, 6) is 0.768. The quantitative estimate of drug-likeness (QED) is 0.843. The van der Waals surface area contributed by atoms with Gasteiger partial charge in [-0.15, -0.1) is 0 Å². The van der Waals surface area contributed by atoms with E-state index in [2.05, 4.69) is 32.9 Å². The lowest BCUT2D eigenvalue weighted by molar-refractivity contribution is 0.323. The minimum atomic E-state index is 0.652. The van der Waals surface area contributed by atoms with Crippen LogP contribution in [-0.4, -0.2) is 6.61 Å². The summed E-state index contributed by atoms with van der Waals surface area (Å²) in [4.78, 5) is 0. The molecule has 0 aliphatic carbocycles. The van der Waals surface area contributed by atoms with Gasteiger partial charge in [0.2, 0.25) is 0 Å². The van der Waals surface area contributed by atoms with Crippen LogP contribution in [-0.2, 0) is 6.42 Å². The molecular weight excluding hydrogens is 234 g/mol. The van der Waals surface area contributed by atoms with Crippen LogP contribution >= 0.6 is 0 Å². The number of para-hydroxylation sites is 2. The van der Waals surface area contributed by atoms with Crippen molar-refractivity contribution in [3.63, 3.8) is 0 Å². The average Bonchev–Trinajstić information content (AvgIpc) is 2.34. The Bertz CT molecular complexity index is 552. The Balaban J connectivity index is 2.02. The first-order valence-electron chi connectivity index (χ1n) is 6.62. The van der Waals surface area contributed by atoms with Crippen LogP contribution in [0.25, 0.3) is 0 Å². The summed E-state index contributed by atoms with van der Waals surface area (Å²) >= 11 is 0. The van der Waals surface area contributed by atoms with Gasteiger partial charge in [0.1, 0.15) is 5.75 Å². The molecule has 2 N–H and O–H groups in total. The molecule has 19 heavy (non-hydrogen) atoms. The van der Waals surface area contributed by atoms with Crippen molar-refractivity contribution < 1.29 is 4.74 Å². The number of ether oxygens (including phenoxy) is 1. The number of nitrogen functional groups attached to an aromatic ring is 1. The van der Waals surface area contributed by atoms with Gasteiger partial charge in [0, 0.05) is 6.42 Å². The summed E-state index contributed by atoms with van der Waals surface area (Å²) in [6.45, 7) is 7.10. The lowest BCUT2D eigenvalue weighted by atomic mass is 9.98. The van der Waals surface area contributed by atoms with E-state index in [4.69, 9.17) is 10.5 Å². The van der Waals surface area contributed by atoms with E-state index >= 15 is 0 Å². The molecule has 2 heteroatoms. The van der Waals surface area contributed by atoms with E-state index in [9.17, 15) is 0 Å². The third-order valence-electron chi connectivity index (χ3n) is 3.37. The van der Waals surface area contributed by atoms with Crippen LogP contribution in [0.4, 0.5) is 5.69 Å². The number of hydrogen-bond acceptors (Lipinski definition) is 2. The smallest absolute Gasteiger partial charge is 0.142 e. The molecule has 0 spiro atoms. The molecule has 2 aromatic rings. The summed E-state index contributed by atoms with van der Waals surface area (Å²) in [7, 11) is 0. The van der Waals surface area contributed by atoms with Crippen LogP contribution in [0.5, 0.6) is 5.75 Å². The number of anilines is 1. The van der Waals surface area contributed by atoms with Crippen molar-refractivity contribution in [2.45, 2.75) is 27.2 Å². The van der Waals surface area contributed by atoms with E-state index in [1.807, 2.05) is 24.3 Å². The molecule has 2 nitrogen and oxygen atoms in total. The average molecular weight is 255 g/mol. The molecule has 2 aromatic carbocycles. The molecule has 0 amide bonds. The summed E-state index contributed by atoms with van der Waals surface area (Å²) < 4.78 is 5.76. The summed E-state index contributed by atoms with van der Waals surface area (Å²) in [6.07, 6.45) is 0.909. The Hall–Kier alpha value is -1.96. The monoisotopic (exact) mass is 255 g/mol. The second-order valence-electron chi connectivity index (χ2n) is 5.01. The fourth-order valence-corrected chi connectivity index (χ4v) is 2.48. The van der Waals surface area contributed by atoms with E-state index in [0.29, 0.717) is 12.3 Å². The molecule has 0 fully saturated rings. The van der Waals surface area contributed by atoms with Crippen molar-refractivity contribution in [1.29, 1.82) is 0 Å². The second kappa shape index (κ2) is 5.79. The molecule has 2 rings (SSSR count). The highest BCUT2D eigenvalue weighted by Crippen LogP contribution is 2.21. The van der Waals surface area contributed by atoms with Gasteiger partial charge in [0.05, 0.1) is 12.3 Å². The van der Waals surface area contributed by atoms with Crippen molar-refractivity contribution in [3.05, 3.63) is 58.7 Å². The molecule has 0 heterocycles. The third kappa shape index (κ3) is 3.28. The summed E-state index contributed by atoms with van der Waals surface area (Å²) in [5.41, 5.74) is 11.9. The zero-order valence-electron chi connectivity index (χ0n) is 11.9. The van der Waals surface area contributed by atoms with Crippen LogP contribution in [0.3, 0.4) is 0 Å². The maximum absolute atomic E-state index is 5.85. The Morgan fingerprint density at radius 3 is 2.26 bits per heavy atom. The van der Waals surface area contributed by atoms with Gasteiger partial charge in [-0.2, -0.15) is 0 Å². The van der Waals surface area contributed by atoms with Crippen molar-refractivity contribution >= 4 is 5.69 Å². The molecule has 0 saturated carbocycles. The normalized spacial score (nSPS) is 10.5. The largest absolute Gasteiger partial charge is 0.491 e. The van der Waals surface area contributed by atoms with Crippen molar-refractivity contribution in [2.24, 2.45) is 0 Å². The minimum Gasteiger partial charge on any atom is -0.491 e. The first-order valence-corrected chi connectivity index (χ1v) is 6.62. The topological polar surface area (TPSA) is 35.2 Å². The summed E-state index contributed by atoms with van der Waals surface area (Å²) in [5, 5.41) is 0. The molecule has 0 saturated heterocycles. The van der Waals surface area contributed by atoms with Gasteiger partial charge < -0.3 is 10.5 Å². The second-order valence-corrected chi connectivity index (χ2v) is 5.01. The van der Waals surface area contributed by atoms with Crippen molar-refractivity contribution in [3.8, 4) is 5.75 Å². The fraction of sp³-hybridized carbons (Fsp3) is 0.294. The standard InChI is InChI=1S/C17H21NO/c1-12-10-13(2)15(14(3)11-12)8-9-19-17-7-5-4-6-16(17)18/h4-7,10-11H,8-9,18H2,1-3H3. The summed E-state index contributed by atoms with van der Waals surface area (Å²) in [6, 6.07) is 12.1. The predicted molar refractivity (Wildman–Crippen MR) is 80.7 cm³/mol. The molecule has 0 aliphatic rings. The Labute approximate surface area is 115 Å². The SMILES string of the molecule is Cc1cc(C)c(CCOc2ccccc2N)c(C)c1. The predicted octanol–water partition coefficient (Wildman–Crippen LogP) is 3.82. The molecule has 0 atom stereocenters. The molecule has 0 radical (unpaired) electrons. The number of nitrogens with two attached hydrogens (primary N) is 1. The van der Waals surface area contributed by atoms with Crippen LogP contribution in [0.2, 0.25) is 0 Å². The number of hydrogen-bond donors (Lipinski definition) is 1. The Morgan fingerprint density at radius 1 is 1.00 bits per heavy atom. The molecule has 100 valence electrons. The van der Waals surface area contributed by atoms with Gasteiger partial charge in [0.25, 0.3) is 0 Å². The third-order valence-corrected chi connectivity index (χ3v) is 3.37.